The van der Waals surface area contributed by atoms with Crippen LogP contribution in [0.4, 0.5) is 0 Å². The third kappa shape index (κ3) is 5.48. The van der Waals surface area contributed by atoms with Crippen LogP contribution in [-0.2, 0) is 9.47 Å². The van der Waals surface area contributed by atoms with Crippen molar-refractivity contribution >= 4 is 6.08 Å². The molecule has 0 heterocycles. The monoisotopic (exact) mass is 248 g/mol. The van der Waals surface area contributed by atoms with Crippen LogP contribution < -0.4 is 0 Å². The molecule has 2 nitrogen and oxygen atoms in total. The molecule has 0 aliphatic rings. The zero-order valence-corrected chi connectivity index (χ0v) is 11.5. The van der Waals surface area contributed by atoms with Crippen molar-refractivity contribution in [2.75, 3.05) is 19.8 Å². The number of rotatable bonds is 9. The number of hydrogen-bond donors (Lipinski definition) is 0. The molecule has 1 rings (SSSR count). The molecule has 0 aromatic heterocycles. The highest BCUT2D eigenvalue weighted by Crippen LogP contribution is 2.17. The Morgan fingerprint density at radius 2 is 1.89 bits per heavy atom. The van der Waals surface area contributed by atoms with Gasteiger partial charge in [-0.15, -0.1) is 0 Å². The average Bonchev–Trinajstić information content (AvgIpc) is 2.42. The lowest BCUT2D eigenvalue weighted by Gasteiger charge is -2.13. The first-order valence-corrected chi connectivity index (χ1v) is 6.69. The molecule has 0 N–H and O–H groups in total. The van der Waals surface area contributed by atoms with E-state index in [1.54, 1.807) is 0 Å². The minimum Gasteiger partial charge on any atom is -0.379 e. The summed E-state index contributed by atoms with van der Waals surface area (Å²) < 4.78 is 11.2. The van der Waals surface area contributed by atoms with Crippen molar-refractivity contribution in [2.45, 2.75) is 32.8 Å². The van der Waals surface area contributed by atoms with Gasteiger partial charge in [0.1, 0.15) is 0 Å². The van der Waals surface area contributed by atoms with Crippen LogP contribution >= 0.6 is 0 Å². The van der Waals surface area contributed by atoms with Gasteiger partial charge in [0.25, 0.3) is 0 Å². The average molecular weight is 248 g/mol. The van der Waals surface area contributed by atoms with Gasteiger partial charge in [-0.1, -0.05) is 50.3 Å². The zero-order valence-electron chi connectivity index (χ0n) is 11.5. The van der Waals surface area contributed by atoms with E-state index in [4.69, 9.17) is 9.47 Å². The highest BCUT2D eigenvalue weighted by molar-refractivity contribution is 5.47. The van der Waals surface area contributed by atoms with Gasteiger partial charge in [0.15, 0.2) is 0 Å². The van der Waals surface area contributed by atoms with Crippen molar-refractivity contribution in [1.82, 2.24) is 0 Å². The molecular formula is C16H24O2. The van der Waals surface area contributed by atoms with Crippen LogP contribution in [0, 0.1) is 0 Å². The molecule has 0 radical (unpaired) electrons. The molecule has 2 heteroatoms. The predicted molar refractivity (Wildman–Crippen MR) is 76.6 cm³/mol. The Labute approximate surface area is 111 Å². The van der Waals surface area contributed by atoms with Gasteiger partial charge in [-0.3, -0.25) is 0 Å². The lowest BCUT2D eigenvalue weighted by Crippen LogP contribution is -2.08. The summed E-state index contributed by atoms with van der Waals surface area (Å²) in [6.45, 7) is 10.1. The van der Waals surface area contributed by atoms with Crippen LogP contribution in [0.5, 0.6) is 0 Å². The Balaban J connectivity index is 2.23. The maximum absolute atomic E-state index is 5.73. The van der Waals surface area contributed by atoms with E-state index in [1.807, 2.05) is 6.08 Å². The van der Waals surface area contributed by atoms with Crippen molar-refractivity contribution in [3.63, 3.8) is 0 Å². The minimum atomic E-state index is 0.110. The quantitative estimate of drug-likeness (QED) is 0.609. The lowest BCUT2D eigenvalue weighted by atomic mass is 10.1. The van der Waals surface area contributed by atoms with E-state index in [-0.39, 0.29) is 6.10 Å². The fourth-order valence-corrected chi connectivity index (χ4v) is 1.63. The second-order valence-electron chi connectivity index (χ2n) is 4.35. The number of benzene rings is 1. The largest absolute Gasteiger partial charge is 0.379 e. The van der Waals surface area contributed by atoms with Crippen LogP contribution in [0.1, 0.15) is 43.9 Å². The summed E-state index contributed by atoms with van der Waals surface area (Å²) in [4.78, 5) is 0. The first-order valence-electron chi connectivity index (χ1n) is 6.69. The molecule has 1 unspecified atom stereocenters. The highest BCUT2D eigenvalue weighted by atomic mass is 16.5. The van der Waals surface area contributed by atoms with Crippen LogP contribution in [0.25, 0.3) is 6.08 Å². The maximum atomic E-state index is 5.73. The summed E-state index contributed by atoms with van der Waals surface area (Å²) >= 11 is 0. The zero-order chi connectivity index (χ0) is 13.2. The summed E-state index contributed by atoms with van der Waals surface area (Å²) in [5.41, 5.74) is 2.32. The lowest BCUT2D eigenvalue weighted by molar-refractivity contribution is 0.0109. The van der Waals surface area contributed by atoms with Crippen LogP contribution in [-0.4, -0.2) is 19.8 Å². The Hall–Kier alpha value is -1.12. The van der Waals surface area contributed by atoms with E-state index in [0.717, 1.165) is 18.6 Å². The molecule has 18 heavy (non-hydrogen) atoms. The molecule has 0 bridgehead atoms. The van der Waals surface area contributed by atoms with Crippen molar-refractivity contribution in [2.24, 2.45) is 0 Å². The fourth-order valence-electron chi connectivity index (χ4n) is 1.63. The van der Waals surface area contributed by atoms with Gasteiger partial charge in [0.05, 0.1) is 19.3 Å². The molecule has 0 saturated carbocycles. The predicted octanol–water partition coefficient (Wildman–Crippen LogP) is 4.22. The SMILES string of the molecule is C=Cc1ccc(C(C)OCCOCCCC)cc1. The van der Waals surface area contributed by atoms with Crippen LogP contribution in [0.2, 0.25) is 0 Å². The van der Waals surface area contributed by atoms with Crippen LogP contribution in [0.15, 0.2) is 30.8 Å². The fraction of sp³-hybridized carbons (Fsp3) is 0.500. The number of ether oxygens (including phenoxy) is 2. The third-order valence-electron chi connectivity index (χ3n) is 2.88. The summed E-state index contributed by atoms with van der Waals surface area (Å²) in [6, 6.07) is 8.28. The summed E-state index contributed by atoms with van der Waals surface area (Å²) in [6.07, 6.45) is 4.25. The van der Waals surface area contributed by atoms with E-state index in [9.17, 15) is 0 Å². The Bertz CT molecular complexity index is 329. The minimum absolute atomic E-state index is 0.110. The van der Waals surface area contributed by atoms with Crippen molar-refractivity contribution in [3.8, 4) is 0 Å². The van der Waals surface area contributed by atoms with Gasteiger partial charge >= 0.3 is 0 Å². The molecule has 0 saturated heterocycles. The molecule has 0 spiro atoms. The van der Waals surface area contributed by atoms with Gasteiger partial charge in [0.2, 0.25) is 0 Å². The van der Waals surface area contributed by atoms with Crippen molar-refractivity contribution in [3.05, 3.63) is 42.0 Å². The van der Waals surface area contributed by atoms with E-state index >= 15 is 0 Å². The molecule has 0 aliphatic heterocycles. The molecule has 0 amide bonds. The van der Waals surface area contributed by atoms with Gasteiger partial charge in [0, 0.05) is 6.61 Å². The molecular weight excluding hydrogens is 224 g/mol. The van der Waals surface area contributed by atoms with Gasteiger partial charge in [-0.25, -0.2) is 0 Å². The van der Waals surface area contributed by atoms with Crippen molar-refractivity contribution in [1.29, 1.82) is 0 Å². The summed E-state index contributed by atoms with van der Waals surface area (Å²) in [7, 11) is 0. The molecule has 0 fully saturated rings. The Kier molecular flexibility index (Phi) is 7.38. The van der Waals surface area contributed by atoms with Gasteiger partial charge in [-0.05, 0) is 24.5 Å². The molecule has 1 aromatic rings. The van der Waals surface area contributed by atoms with Crippen LogP contribution in [0.3, 0.4) is 0 Å². The number of hydrogen-bond acceptors (Lipinski definition) is 2. The second-order valence-corrected chi connectivity index (χ2v) is 4.35. The molecule has 100 valence electrons. The first kappa shape index (κ1) is 14.9. The normalized spacial score (nSPS) is 12.3. The maximum Gasteiger partial charge on any atom is 0.0797 e. The molecule has 1 atom stereocenters. The number of unbranched alkanes of at least 4 members (excludes halogenated alkanes) is 1. The van der Waals surface area contributed by atoms with E-state index in [1.165, 1.54) is 12.0 Å². The van der Waals surface area contributed by atoms with E-state index < -0.39 is 0 Å². The Morgan fingerprint density at radius 1 is 1.17 bits per heavy atom. The topological polar surface area (TPSA) is 18.5 Å². The first-order chi connectivity index (χ1) is 8.77. The summed E-state index contributed by atoms with van der Waals surface area (Å²) in [5.74, 6) is 0. The molecule has 0 aliphatic carbocycles. The summed E-state index contributed by atoms with van der Waals surface area (Å²) in [5, 5.41) is 0. The second kappa shape index (κ2) is 8.90. The third-order valence-corrected chi connectivity index (χ3v) is 2.88. The van der Waals surface area contributed by atoms with Crippen molar-refractivity contribution < 1.29 is 9.47 Å². The Morgan fingerprint density at radius 3 is 2.50 bits per heavy atom. The standard InChI is InChI=1S/C16H24O2/c1-4-6-11-17-12-13-18-14(3)16-9-7-15(5-2)8-10-16/h5,7-10,14H,2,4,6,11-13H2,1,3H3. The van der Waals surface area contributed by atoms with E-state index in [2.05, 4.69) is 44.7 Å². The van der Waals surface area contributed by atoms with E-state index in [0.29, 0.717) is 13.2 Å². The molecule has 1 aromatic carbocycles. The highest BCUT2D eigenvalue weighted by Gasteiger charge is 2.04. The van der Waals surface area contributed by atoms with Gasteiger partial charge in [-0.2, -0.15) is 0 Å². The van der Waals surface area contributed by atoms with Gasteiger partial charge < -0.3 is 9.47 Å². The smallest absolute Gasteiger partial charge is 0.0797 e.